The van der Waals surface area contributed by atoms with Crippen LogP contribution in [-0.4, -0.2) is 22.8 Å². The van der Waals surface area contributed by atoms with Gasteiger partial charge in [0.15, 0.2) is 5.79 Å². The van der Waals surface area contributed by atoms with E-state index in [1.807, 2.05) is 0 Å². The van der Waals surface area contributed by atoms with Gasteiger partial charge in [-0.15, -0.1) is 0 Å². The Labute approximate surface area is 94.5 Å². The molecule has 0 saturated carbocycles. The SMILES string of the molecule is C[C@H]1CCC[C@@]2(O1)O[C@@H](C)CC[C@H]2Br. The second kappa shape index (κ2) is 4.11. The number of hydrogen-bond donors (Lipinski definition) is 0. The lowest BCUT2D eigenvalue weighted by molar-refractivity contribution is -0.304. The van der Waals surface area contributed by atoms with Crippen LogP contribution in [0.5, 0.6) is 0 Å². The highest BCUT2D eigenvalue weighted by atomic mass is 79.9. The molecule has 0 aromatic carbocycles. The zero-order valence-corrected chi connectivity index (χ0v) is 10.5. The van der Waals surface area contributed by atoms with Crippen molar-refractivity contribution in [3.63, 3.8) is 0 Å². The fourth-order valence-corrected chi connectivity index (χ4v) is 3.19. The lowest BCUT2D eigenvalue weighted by atomic mass is 9.93. The first-order valence-corrected chi connectivity index (χ1v) is 6.54. The number of rotatable bonds is 0. The second-order valence-electron chi connectivity index (χ2n) is 4.61. The topological polar surface area (TPSA) is 18.5 Å². The standard InChI is InChI=1S/C11H19BrO2/c1-8-4-3-7-11(13-8)10(12)6-5-9(2)14-11/h8-10H,3-7H2,1-2H3/t8-,9-,10+,11+/m0/s1. The molecule has 0 N–H and O–H groups in total. The van der Waals surface area contributed by atoms with Crippen molar-refractivity contribution >= 4 is 15.9 Å². The van der Waals surface area contributed by atoms with Crippen molar-refractivity contribution in [3.8, 4) is 0 Å². The molecule has 2 aliphatic heterocycles. The molecule has 2 heterocycles. The van der Waals surface area contributed by atoms with Gasteiger partial charge in [-0.2, -0.15) is 0 Å². The molecule has 2 fully saturated rings. The number of ether oxygens (including phenoxy) is 2. The molecule has 0 radical (unpaired) electrons. The molecule has 3 heteroatoms. The summed E-state index contributed by atoms with van der Waals surface area (Å²) in [4.78, 5) is 0.369. The fraction of sp³-hybridized carbons (Fsp3) is 1.00. The van der Waals surface area contributed by atoms with Gasteiger partial charge in [-0.05, 0) is 39.5 Å². The van der Waals surface area contributed by atoms with Crippen molar-refractivity contribution in [1.29, 1.82) is 0 Å². The minimum atomic E-state index is -0.324. The quantitative estimate of drug-likeness (QED) is 0.625. The third-order valence-electron chi connectivity index (χ3n) is 3.24. The highest BCUT2D eigenvalue weighted by Crippen LogP contribution is 2.42. The first-order valence-electron chi connectivity index (χ1n) is 5.62. The summed E-state index contributed by atoms with van der Waals surface area (Å²) < 4.78 is 12.1. The van der Waals surface area contributed by atoms with Crippen LogP contribution >= 0.6 is 15.9 Å². The predicted molar refractivity (Wildman–Crippen MR) is 59.6 cm³/mol. The van der Waals surface area contributed by atoms with Crippen LogP contribution in [0.25, 0.3) is 0 Å². The van der Waals surface area contributed by atoms with E-state index in [2.05, 4.69) is 29.8 Å². The van der Waals surface area contributed by atoms with Crippen LogP contribution in [-0.2, 0) is 9.47 Å². The summed E-state index contributed by atoms with van der Waals surface area (Å²) in [6.45, 7) is 4.28. The number of hydrogen-bond acceptors (Lipinski definition) is 2. The summed E-state index contributed by atoms with van der Waals surface area (Å²) in [5.41, 5.74) is 0. The zero-order valence-electron chi connectivity index (χ0n) is 8.96. The summed E-state index contributed by atoms with van der Waals surface area (Å²) in [7, 11) is 0. The van der Waals surface area contributed by atoms with E-state index in [-0.39, 0.29) is 5.79 Å². The van der Waals surface area contributed by atoms with Gasteiger partial charge in [0, 0.05) is 6.42 Å². The summed E-state index contributed by atoms with van der Waals surface area (Å²) in [6, 6.07) is 0. The van der Waals surface area contributed by atoms with Crippen LogP contribution in [0, 0.1) is 0 Å². The minimum absolute atomic E-state index is 0.324. The van der Waals surface area contributed by atoms with Gasteiger partial charge in [-0.25, -0.2) is 0 Å². The number of alkyl halides is 1. The normalized spacial score (nSPS) is 49.5. The Bertz CT molecular complexity index is 201. The molecule has 82 valence electrons. The maximum Gasteiger partial charge on any atom is 0.181 e. The van der Waals surface area contributed by atoms with Crippen molar-refractivity contribution < 1.29 is 9.47 Å². The molecule has 2 rings (SSSR count). The van der Waals surface area contributed by atoms with Crippen molar-refractivity contribution in [2.45, 2.75) is 68.8 Å². The first-order chi connectivity index (χ1) is 6.62. The largest absolute Gasteiger partial charge is 0.346 e. The number of halogens is 1. The van der Waals surface area contributed by atoms with Crippen molar-refractivity contribution in [3.05, 3.63) is 0 Å². The molecule has 0 aliphatic carbocycles. The maximum absolute atomic E-state index is 6.03. The lowest BCUT2D eigenvalue weighted by Gasteiger charge is -2.47. The van der Waals surface area contributed by atoms with Crippen molar-refractivity contribution in [2.24, 2.45) is 0 Å². The van der Waals surface area contributed by atoms with Crippen molar-refractivity contribution in [2.75, 3.05) is 0 Å². The van der Waals surface area contributed by atoms with Crippen LogP contribution < -0.4 is 0 Å². The minimum Gasteiger partial charge on any atom is -0.346 e. The van der Waals surface area contributed by atoms with E-state index >= 15 is 0 Å². The van der Waals surface area contributed by atoms with Crippen LogP contribution in [0.1, 0.15) is 46.0 Å². The average molecular weight is 263 g/mol. The molecule has 1 spiro atoms. The van der Waals surface area contributed by atoms with Crippen LogP contribution in [0.15, 0.2) is 0 Å². The molecule has 0 aromatic rings. The molecule has 0 bridgehead atoms. The third-order valence-corrected chi connectivity index (χ3v) is 4.40. The van der Waals surface area contributed by atoms with Crippen LogP contribution in [0.2, 0.25) is 0 Å². The molecule has 0 amide bonds. The van der Waals surface area contributed by atoms with E-state index in [0.29, 0.717) is 17.0 Å². The van der Waals surface area contributed by atoms with Gasteiger partial charge in [0.1, 0.15) is 0 Å². The molecule has 14 heavy (non-hydrogen) atoms. The Morgan fingerprint density at radius 1 is 1.07 bits per heavy atom. The van der Waals surface area contributed by atoms with Gasteiger partial charge in [0.2, 0.25) is 0 Å². The molecule has 2 nitrogen and oxygen atoms in total. The monoisotopic (exact) mass is 262 g/mol. The highest BCUT2D eigenvalue weighted by molar-refractivity contribution is 9.09. The zero-order chi connectivity index (χ0) is 10.2. The molecule has 0 aromatic heterocycles. The van der Waals surface area contributed by atoms with Gasteiger partial charge in [-0.1, -0.05) is 15.9 Å². The van der Waals surface area contributed by atoms with Crippen LogP contribution in [0.4, 0.5) is 0 Å². The molecule has 0 unspecified atom stereocenters. The first kappa shape index (κ1) is 10.9. The average Bonchev–Trinajstić information content (AvgIpc) is 2.12. The lowest BCUT2D eigenvalue weighted by Crippen LogP contribution is -2.53. The Hall–Kier alpha value is 0.400. The molecule has 4 atom stereocenters. The predicted octanol–water partition coefficient (Wildman–Crippen LogP) is 3.23. The van der Waals surface area contributed by atoms with E-state index in [1.54, 1.807) is 0 Å². The Balaban J connectivity index is 2.10. The smallest absolute Gasteiger partial charge is 0.181 e. The van der Waals surface area contributed by atoms with E-state index in [9.17, 15) is 0 Å². The molecule has 2 saturated heterocycles. The van der Waals surface area contributed by atoms with E-state index in [1.165, 1.54) is 12.8 Å². The molecular weight excluding hydrogens is 244 g/mol. The van der Waals surface area contributed by atoms with Gasteiger partial charge in [0.05, 0.1) is 17.0 Å². The van der Waals surface area contributed by atoms with Gasteiger partial charge in [0.25, 0.3) is 0 Å². The van der Waals surface area contributed by atoms with E-state index in [4.69, 9.17) is 9.47 Å². The summed E-state index contributed by atoms with van der Waals surface area (Å²) in [6.07, 6.45) is 6.40. The molecular formula is C11H19BrO2. The van der Waals surface area contributed by atoms with Crippen LogP contribution in [0.3, 0.4) is 0 Å². The second-order valence-corrected chi connectivity index (χ2v) is 5.71. The Morgan fingerprint density at radius 2 is 1.71 bits per heavy atom. The van der Waals surface area contributed by atoms with Gasteiger partial charge < -0.3 is 9.47 Å². The van der Waals surface area contributed by atoms with E-state index < -0.39 is 0 Å². The van der Waals surface area contributed by atoms with Crippen molar-refractivity contribution in [1.82, 2.24) is 0 Å². The van der Waals surface area contributed by atoms with Gasteiger partial charge >= 0.3 is 0 Å². The van der Waals surface area contributed by atoms with Gasteiger partial charge in [-0.3, -0.25) is 0 Å². The summed E-state index contributed by atoms with van der Waals surface area (Å²) >= 11 is 3.71. The highest BCUT2D eigenvalue weighted by Gasteiger charge is 2.46. The van der Waals surface area contributed by atoms with E-state index in [0.717, 1.165) is 19.3 Å². The molecule has 2 aliphatic rings. The summed E-state index contributed by atoms with van der Waals surface area (Å²) in [5.74, 6) is -0.324. The maximum atomic E-state index is 6.03. The Morgan fingerprint density at radius 3 is 2.36 bits per heavy atom. The third kappa shape index (κ3) is 2.00. The fourth-order valence-electron chi connectivity index (χ4n) is 2.49. The summed E-state index contributed by atoms with van der Waals surface area (Å²) in [5, 5.41) is 0. The Kier molecular flexibility index (Phi) is 3.20.